The Kier molecular flexibility index (Phi) is 1.95. The third-order valence-electron chi connectivity index (χ3n) is 1.43. The van der Waals surface area contributed by atoms with Crippen LogP contribution in [0.25, 0.3) is 0 Å². The summed E-state index contributed by atoms with van der Waals surface area (Å²) in [5, 5.41) is 0. The third-order valence-corrected chi connectivity index (χ3v) is 1.43. The SMILES string of the molecule is CC=C1CCCCO1. The van der Waals surface area contributed by atoms with Crippen LogP contribution in [0, 0.1) is 0 Å². The van der Waals surface area contributed by atoms with Gasteiger partial charge in [-0.05, 0) is 25.8 Å². The van der Waals surface area contributed by atoms with E-state index in [1.54, 1.807) is 0 Å². The van der Waals surface area contributed by atoms with Crippen molar-refractivity contribution in [2.45, 2.75) is 26.2 Å². The molecule has 46 valence electrons. The van der Waals surface area contributed by atoms with Crippen molar-refractivity contribution in [1.82, 2.24) is 0 Å². The lowest BCUT2D eigenvalue weighted by Gasteiger charge is -2.14. The molecule has 0 aromatic rings. The minimum absolute atomic E-state index is 0.930. The standard InChI is InChI=1S/C7H12O/c1-2-7-5-3-4-6-8-7/h2H,3-6H2,1H3. The van der Waals surface area contributed by atoms with Gasteiger partial charge in [-0.1, -0.05) is 0 Å². The maximum atomic E-state index is 5.29. The van der Waals surface area contributed by atoms with Crippen molar-refractivity contribution in [3.8, 4) is 0 Å². The van der Waals surface area contributed by atoms with E-state index in [0.717, 1.165) is 13.0 Å². The highest BCUT2D eigenvalue weighted by Gasteiger charge is 2.02. The average Bonchev–Trinajstić information content (AvgIpc) is 1.90. The van der Waals surface area contributed by atoms with Crippen LogP contribution in [0.4, 0.5) is 0 Å². The molecule has 1 rings (SSSR count). The summed E-state index contributed by atoms with van der Waals surface area (Å²) in [4.78, 5) is 0. The number of ether oxygens (including phenoxy) is 1. The molecular weight excluding hydrogens is 100 g/mol. The first-order chi connectivity index (χ1) is 3.93. The highest BCUT2D eigenvalue weighted by molar-refractivity contribution is 4.91. The fourth-order valence-corrected chi connectivity index (χ4v) is 0.904. The second-order valence-corrected chi connectivity index (χ2v) is 2.06. The maximum absolute atomic E-state index is 5.29. The molecule has 0 aromatic heterocycles. The second kappa shape index (κ2) is 2.75. The molecule has 0 N–H and O–H groups in total. The van der Waals surface area contributed by atoms with Gasteiger partial charge in [0.15, 0.2) is 0 Å². The summed E-state index contributed by atoms with van der Waals surface area (Å²) in [5.41, 5.74) is 0. The van der Waals surface area contributed by atoms with Gasteiger partial charge in [0, 0.05) is 6.42 Å². The van der Waals surface area contributed by atoms with Crippen molar-refractivity contribution in [2.75, 3.05) is 6.61 Å². The molecule has 1 aliphatic heterocycles. The average molecular weight is 112 g/mol. The Labute approximate surface area is 50.3 Å². The van der Waals surface area contributed by atoms with Gasteiger partial charge < -0.3 is 4.74 Å². The molecule has 0 radical (unpaired) electrons. The monoisotopic (exact) mass is 112 g/mol. The predicted octanol–water partition coefficient (Wildman–Crippen LogP) is 2.09. The van der Waals surface area contributed by atoms with E-state index in [1.165, 1.54) is 18.6 Å². The van der Waals surface area contributed by atoms with Gasteiger partial charge in [0.25, 0.3) is 0 Å². The van der Waals surface area contributed by atoms with E-state index in [9.17, 15) is 0 Å². The van der Waals surface area contributed by atoms with Gasteiger partial charge in [0.05, 0.1) is 12.4 Å². The minimum Gasteiger partial charge on any atom is -0.498 e. The Morgan fingerprint density at radius 2 is 2.38 bits per heavy atom. The molecular formula is C7H12O. The van der Waals surface area contributed by atoms with Crippen LogP contribution in [0.15, 0.2) is 11.8 Å². The van der Waals surface area contributed by atoms with Crippen molar-refractivity contribution in [3.05, 3.63) is 11.8 Å². The normalized spacial score (nSPS) is 25.4. The molecule has 0 aromatic carbocycles. The van der Waals surface area contributed by atoms with Crippen molar-refractivity contribution >= 4 is 0 Å². The lowest BCUT2D eigenvalue weighted by atomic mass is 10.2. The van der Waals surface area contributed by atoms with Gasteiger partial charge in [-0.15, -0.1) is 0 Å². The topological polar surface area (TPSA) is 9.23 Å². The van der Waals surface area contributed by atoms with Gasteiger partial charge in [0.2, 0.25) is 0 Å². The van der Waals surface area contributed by atoms with Gasteiger partial charge >= 0.3 is 0 Å². The Balaban J connectivity index is 2.33. The Morgan fingerprint density at radius 1 is 1.50 bits per heavy atom. The lowest BCUT2D eigenvalue weighted by molar-refractivity contribution is 0.165. The molecule has 0 saturated carbocycles. The van der Waals surface area contributed by atoms with Crippen LogP contribution in [-0.4, -0.2) is 6.61 Å². The van der Waals surface area contributed by atoms with Gasteiger partial charge in [-0.25, -0.2) is 0 Å². The summed E-state index contributed by atoms with van der Waals surface area (Å²) in [6.45, 7) is 2.96. The van der Waals surface area contributed by atoms with E-state index in [0.29, 0.717) is 0 Å². The van der Waals surface area contributed by atoms with E-state index in [4.69, 9.17) is 4.74 Å². The van der Waals surface area contributed by atoms with Crippen LogP contribution in [-0.2, 0) is 4.74 Å². The van der Waals surface area contributed by atoms with Crippen molar-refractivity contribution in [3.63, 3.8) is 0 Å². The molecule has 1 nitrogen and oxygen atoms in total. The quantitative estimate of drug-likeness (QED) is 0.466. The first-order valence-electron chi connectivity index (χ1n) is 3.21. The highest BCUT2D eigenvalue weighted by atomic mass is 16.5. The number of allylic oxidation sites excluding steroid dienone is 2. The Morgan fingerprint density at radius 3 is 2.75 bits per heavy atom. The molecule has 1 saturated heterocycles. The van der Waals surface area contributed by atoms with Crippen LogP contribution < -0.4 is 0 Å². The fraction of sp³-hybridized carbons (Fsp3) is 0.714. The largest absolute Gasteiger partial charge is 0.498 e. The summed E-state index contributed by atoms with van der Waals surface area (Å²) in [6, 6.07) is 0. The van der Waals surface area contributed by atoms with Crippen molar-refractivity contribution in [2.24, 2.45) is 0 Å². The first kappa shape index (κ1) is 5.67. The maximum Gasteiger partial charge on any atom is 0.0917 e. The van der Waals surface area contributed by atoms with Crippen LogP contribution in [0.5, 0.6) is 0 Å². The fourth-order valence-electron chi connectivity index (χ4n) is 0.904. The van der Waals surface area contributed by atoms with Crippen molar-refractivity contribution < 1.29 is 4.74 Å². The van der Waals surface area contributed by atoms with Gasteiger partial charge in [-0.2, -0.15) is 0 Å². The van der Waals surface area contributed by atoms with E-state index in [2.05, 4.69) is 6.08 Å². The predicted molar refractivity (Wildman–Crippen MR) is 33.6 cm³/mol. The zero-order chi connectivity index (χ0) is 5.82. The zero-order valence-electron chi connectivity index (χ0n) is 5.31. The summed E-state index contributed by atoms with van der Waals surface area (Å²) in [5.74, 6) is 1.18. The molecule has 1 heteroatoms. The van der Waals surface area contributed by atoms with Crippen LogP contribution >= 0.6 is 0 Å². The third kappa shape index (κ3) is 1.25. The summed E-state index contributed by atoms with van der Waals surface area (Å²) >= 11 is 0. The van der Waals surface area contributed by atoms with E-state index in [1.807, 2.05) is 6.92 Å². The molecule has 0 unspecified atom stereocenters. The van der Waals surface area contributed by atoms with Crippen LogP contribution in [0.3, 0.4) is 0 Å². The molecule has 0 atom stereocenters. The molecule has 0 spiro atoms. The van der Waals surface area contributed by atoms with Crippen molar-refractivity contribution in [1.29, 1.82) is 0 Å². The van der Waals surface area contributed by atoms with Gasteiger partial charge in [-0.3, -0.25) is 0 Å². The highest BCUT2D eigenvalue weighted by Crippen LogP contribution is 2.14. The van der Waals surface area contributed by atoms with Gasteiger partial charge in [0.1, 0.15) is 0 Å². The molecule has 0 bridgehead atoms. The molecule has 1 heterocycles. The smallest absolute Gasteiger partial charge is 0.0917 e. The molecule has 8 heavy (non-hydrogen) atoms. The lowest BCUT2D eigenvalue weighted by Crippen LogP contribution is -2.01. The second-order valence-electron chi connectivity index (χ2n) is 2.06. The van der Waals surface area contributed by atoms with Crippen LogP contribution in [0.1, 0.15) is 26.2 Å². The Bertz CT molecular complexity index is 86.6. The number of hydrogen-bond acceptors (Lipinski definition) is 1. The molecule has 1 aliphatic rings. The zero-order valence-corrected chi connectivity index (χ0v) is 5.31. The minimum atomic E-state index is 0.930. The molecule has 0 amide bonds. The summed E-state index contributed by atoms with van der Waals surface area (Å²) in [6.07, 6.45) is 5.74. The molecule has 1 fully saturated rings. The van der Waals surface area contributed by atoms with E-state index >= 15 is 0 Å². The first-order valence-corrected chi connectivity index (χ1v) is 3.21. The summed E-state index contributed by atoms with van der Waals surface area (Å²) in [7, 11) is 0. The van der Waals surface area contributed by atoms with Crippen LogP contribution in [0.2, 0.25) is 0 Å². The number of hydrogen-bond donors (Lipinski definition) is 0. The van der Waals surface area contributed by atoms with E-state index < -0.39 is 0 Å². The Hall–Kier alpha value is -0.460. The molecule has 0 aliphatic carbocycles. The summed E-state index contributed by atoms with van der Waals surface area (Å²) < 4.78 is 5.29. The number of rotatable bonds is 0. The van der Waals surface area contributed by atoms with E-state index in [-0.39, 0.29) is 0 Å².